The van der Waals surface area contributed by atoms with Crippen LogP contribution >= 0.6 is 0 Å². The number of amides is 2. The molecule has 0 bridgehead atoms. The van der Waals surface area contributed by atoms with E-state index in [-0.39, 0.29) is 17.3 Å². The van der Waals surface area contributed by atoms with Gasteiger partial charge in [-0.15, -0.1) is 0 Å². The molecule has 0 aliphatic rings. The van der Waals surface area contributed by atoms with Gasteiger partial charge in [-0.2, -0.15) is 0 Å². The van der Waals surface area contributed by atoms with E-state index in [2.05, 4.69) is 5.32 Å². The van der Waals surface area contributed by atoms with Crippen LogP contribution in [0, 0.1) is 6.92 Å². The third kappa shape index (κ3) is 6.97. The van der Waals surface area contributed by atoms with Gasteiger partial charge in [0.15, 0.2) is 0 Å². The Bertz CT molecular complexity index is 1390. The second kappa shape index (κ2) is 13.3. The van der Waals surface area contributed by atoms with Crippen LogP contribution in [0.25, 0.3) is 0 Å². The van der Waals surface area contributed by atoms with Gasteiger partial charge in [0, 0.05) is 13.6 Å². The SMILES string of the molecule is CCc1ccccc1N(CC(=O)N(Cc1cccc(OC)c1)[C@H](CC)C(=O)NC)S(=O)(=O)c1ccc(C)cc1. The number of rotatable bonds is 12. The molecule has 0 fully saturated rings. The maximum Gasteiger partial charge on any atom is 0.264 e. The fourth-order valence-electron chi connectivity index (χ4n) is 4.46. The highest BCUT2D eigenvalue weighted by atomic mass is 32.2. The summed E-state index contributed by atoms with van der Waals surface area (Å²) >= 11 is 0. The normalized spacial score (nSPS) is 11.9. The molecule has 0 aromatic heterocycles. The van der Waals surface area contributed by atoms with Crippen molar-refractivity contribution in [1.29, 1.82) is 0 Å². The molecule has 3 aromatic rings. The molecule has 0 heterocycles. The summed E-state index contributed by atoms with van der Waals surface area (Å²) in [7, 11) is -1.03. The highest BCUT2D eigenvalue weighted by Gasteiger charge is 2.34. The third-order valence-electron chi connectivity index (χ3n) is 6.65. The summed E-state index contributed by atoms with van der Waals surface area (Å²) in [6, 6.07) is 20.2. The molecule has 0 aliphatic heterocycles. The molecule has 3 aromatic carbocycles. The summed E-state index contributed by atoms with van der Waals surface area (Å²) in [6.07, 6.45) is 0.930. The predicted molar refractivity (Wildman–Crippen MR) is 153 cm³/mol. The molecular weight excluding hydrogens is 514 g/mol. The quantitative estimate of drug-likeness (QED) is 0.362. The van der Waals surface area contributed by atoms with Gasteiger partial charge >= 0.3 is 0 Å². The standard InChI is InChI=1S/C30H37N3O5S/c1-6-24-12-8-9-14-28(24)33(39(36,37)26-17-15-22(3)16-18-26)21-29(34)32(27(7-2)30(35)31-4)20-23-11-10-13-25(19-23)38-5/h8-19,27H,6-7,20-21H2,1-5H3,(H,31,35)/t27-/m1/s1. The second-order valence-corrected chi connectivity index (χ2v) is 11.1. The largest absolute Gasteiger partial charge is 0.497 e. The van der Waals surface area contributed by atoms with Gasteiger partial charge < -0.3 is 15.0 Å². The zero-order valence-corrected chi connectivity index (χ0v) is 24.0. The molecule has 0 saturated heterocycles. The van der Waals surface area contributed by atoms with E-state index in [1.165, 1.54) is 11.9 Å². The van der Waals surface area contributed by atoms with Gasteiger partial charge in [0.25, 0.3) is 10.0 Å². The Kier molecular flexibility index (Phi) is 10.1. The predicted octanol–water partition coefficient (Wildman–Crippen LogP) is 4.31. The zero-order chi connectivity index (χ0) is 28.6. The Morgan fingerprint density at radius 2 is 1.67 bits per heavy atom. The number of anilines is 1. The molecule has 8 nitrogen and oxygen atoms in total. The number of nitrogens with one attached hydrogen (secondary N) is 1. The van der Waals surface area contributed by atoms with Crippen LogP contribution in [0.1, 0.15) is 37.0 Å². The van der Waals surface area contributed by atoms with Crippen molar-refractivity contribution >= 4 is 27.5 Å². The Labute approximate surface area is 231 Å². The Morgan fingerprint density at radius 1 is 0.974 bits per heavy atom. The molecule has 0 aliphatic carbocycles. The molecule has 0 spiro atoms. The number of carbonyl (C=O) groups is 2. The summed E-state index contributed by atoms with van der Waals surface area (Å²) in [6.45, 7) is 5.27. The second-order valence-electron chi connectivity index (χ2n) is 9.22. The average Bonchev–Trinajstić information content (AvgIpc) is 2.95. The maximum absolute atomic E-state index is 14.0. The molecule has 208 valence electrons. The van der Waals surface area contributed by atoms with Gasteiger partial charge in [-0.3, -0.25) is 13.9 Å². The van der Waals surface area contributed by atoms with Gasteiger partial charge in [-0.1, -0.05) is 61.9 Å². The van der Waals surface area contributed by atoms with Crippen molar-refractivity contribution in [3.05, 3.63) is 89.5 Å². The lowest BCUT2D eigenvalue weighted by Gasteiger charge is -2.33. The number of para-hydroxylation sites is 1. The Balaban J connectivity index is 2.10. The number of sulfonamides is 1. The first kappa shape index (κ1) is 29.7. The maximum atomic E-state index is 14.0. The topological polar surface area (TPSA) is 96.0 Å². The van der Waals surface area contributed by atoms with Crippen molar-refractivity contribution in [2.75, 3.05) is 25.0 Å². The molecular formula is C30H37N3O5S. The van der Waals surface area contributed by atoms with E-state index in [0.29, 0.717) is 24.3 Å². The Morgan fingerprint density at radius 3 is 2.28 bits per heavy atom. The zero-order valence-electron chi connectivity index (χ0n) is 23.2. The average molecular weight is 552 g/mol. The number of hydrogen-bond acceptors (Lipinski definition) is 5. The van der Waals surface area contributed by atoms with Crippen LogP contribution in [-0.4, -0.2) is 51.9 Å². The number of benzene rings is 3. The highest BCUT2D eigenvalue weighted by molar-refractivity contribution is 7.92. The number of ether oxygens (including phenoxy) is 1. The number of methoxy groups -OCH3 is 1. The van der Waals surface area contributed by atoms with Crippen LogP contribution in [0.5, 0.6) is 5.75 Å². The van der Waals surface area contributed by atoms with Crippen molar-refractivity contribution < 1.29 is 22.7 Å². The van der Waals surface area contributed by atoms with Crippen LogP contribution in [0.3, 0.4) is 0 Å². The van der Waals surface area contributed by atoms with E-state index in [4.69, 9.17) is 4.74 Å². The molecule has 3 rings (SSSR count). The van der Waals surface area contributed by atoms with E-state index >= 15 is 0 Å². The molecule has 0 saturated carbocycles. The lowest BCUT2D eigenvalue weighted by Crippen LogP contribution is -2.51. The molecule has 9 heteroatoms. The van der Waals surface area contributed by atoms with Gasteiger partial charge in [0.1, 0.15) is 18.3 Å². The summed E-state index contributed by atoms with van der Waals surface area (Å²) < 4.78 is 34.5. The highest BCUT2D eigenvalue weighted by Crippen LogP contribution is 2.28. The fourth-order valence-corrected chi connectivity index (χ4v) is 5.91. The van der Waals surface area contributed by atoms with E-state index in [0.717, 1.165) is 21.0 Å². The first-order chi connectivity index (χ1) is 18.7. The van der Waals surface area contributed by atoms with Gasteiger partial charge in [-0.05, 0) is 61.2 Å². The molecule has 2 amide bonds. The minimum atomic E-state index is -4.11. The minimum absolute atomic E-state index is 0.0875. The van der Waals surface area contributed by atoms with E-state index in [1.807, 2.05) is 45.0 Å². The molecule has 1 atom stereocenters. The smallest absolute Gasteiger partial charge is 0.264 e. The molecule has 0 radical (unpaired) electrons. The van der Waals surface area contributed by atoms with Crippen LogP contribution in [0.15, 0.2) is 77.7 Å². The summed E-state index contributed by atoms with van der Waals surface area (Å²) in [5.41, 5.74) is 2.90. The molecule has 1 N–H and O–H groups in total. The number of carbonyl (C=O) groups excluding carboxylic acids is 2. The van der Waals surface area contributed by atoms with Crippen molar-refractivity contribution in [3.63, 3.8) is 0 Å². The van der Waals surface area contributed by atoms with Gasteiger partial charge in [-0.25, -0.2) is 8.42 Å². The fraction of sp³-hybridized carbons (Fsp3) is 0.333. The summed E-state index contributed by atoms with van der Waals surface area (Å²) in [5.74, 6) is -0.196. The molecule has 39 heavy (non-hydrogen) atoms. The van der Waals surface area contributed by atoms with Crippen molar-refractivity contribution in [1.82, 2.24) is 10.2 Å². The van der Waals surface area contributed by atoms with Crippen molar-refractivity contribution in [3.8, 4) is 5.75 Å². The van der Waals surface area contributed by atoms with Crippen LogP contribution in [0.4, 0.5) is 5.69 Å². The third-order valence-corrected chi connectivity index (χ3v) is 8.42. The number of nitrogens with zero attached hydrogens (tertiary/aromatic N) is 2. The van der Waals surface area contributed by atoms with Gasteiger partial charge in [0.05, 0.1) is 17.7 Å². The number of hydrogen-bond donors (Lipinski definition) is 1. The monoisotopic (exact) mass is 551 g/mol. The Hall–Kier alpha value is -3.85. The molecule has 0 unspecified atom stereocenters. The van der Waals surface area contributed by atoms with Crippen molar-refractivity contribution in [2.45, 2.75) is 51.1 Å². The minimum Gasteiger partial charge on any atom is -0.497 e. The van der Waals surface area contributed by atoms with Crippen LogP contribution in [-0.2, 0) is 32.6 Å². The first-order valence-electron chi connectivity index (χ1n) is 13.0. The summed E-state index contributed by atoms with van der Waals surface area (Å²) in [4.78, 5) is 28.4. The van der Waals surface area contributed by atoms with Gasteiger partial charge in [0.2, 0.25) is 11.8 Å². The number of aryl methyl sites for hydroxylation is 2. The van der Waals surface area contributed by atoms with E-state index in [9.17, 15) is 18.0 Å². The first-order valence-corrected chi connectivity index (χ1v) is 14.4. The van der Waals surface area contributed by atoms with E-state index in [1.54, 1.807) is 55.6 Å². The summed E-state index contributed by atoms with van der Waals surface area (Å²) in [5, 5.41) is 2.63. The van der Waals surface area contributed by atoms with Crippen LogP contribution in [0.2, 0.25) is 0 Å². The van der Waals surface area contributed by atoms with Crippen molar-refractivity contribution in [2.24, 2.45) is 0 Å². The lowest BCUT2D eigenvalue weighted by atomic mass is 10.1. The van der Waals surface area contributed by atoms with E-state index < -0.39 is 28.5 Å². The number of likely N-dealkylation sites (N-methyl/N-ethyl adjacent to an activating group) is 1. The van der Waals surface area contributed by atoms with Crippen LogP contribution < -0.4 is 14.4 Å². The lowest BCUT2D eigenvalue weighted by molar-refractivity contribution is -0.140.